The molecule has 0 aliphatic heterocycles. The van der Waals surface area contributed by atoms with Crippen LogP contribution < -0.4 is 0 Å². The first-order valence-corrected chi connectivity index (χ1v) is 6.03. The van der Waals surface area contributed by atoms with Gasteiger partial charge < -0.3 is 9.52 Å². The van der Waals surface area contributed by atoms with Gasteiger partial charge in [0.25, 0.3) is 0 Å². The summed E-state index contributed by atoms with van der Waals surface area (Å²) in [5, 5.41) is 10.9. The third kappa shape index (κ3) is 2.48. The molecule has 2 rings (SSSR count). The zero-order valence-electron chi connectivity index (χ0n) is 8.86. The fourth-order valence-electron chi connectivity index (χ4n) is 1.39. The van der Waals surface area contributed by atoms with Crippen molar-refractivity contribution < 1.29 is 9.52 Å². The molecule has 0 saturated carbocycles. The van der Waals surface area contributed by atoms with Gasteiger partial charge in [0.05, 0.1) is 5.75 Å². The first kappa shape index (κ1) is 10.4. The summed E-state index contributed by atoms with van der Waals surface area (Å²) in [5.41, 5.74) is 0.759. The monoisotopic (exact) mass is 222 g/mol. The van der Waals surface area contributed by atoms with Gasteiger partial charge in [0, 0.05) is 11.5 Å². The summed E-state index contributed by atoms with van der Waals surface area (Å²) in [6, 6.07) is 7.23. The van der Waals surface area contributed by atoms with Gasteiger partial charge in [0.15, 0.2) is 0 Å². The zero-order chi connectivity index (χ0) is 10.8. The number of furan rings is 1. The molecule has 0 aliphatic rings. The van der Waals surface area contributed by atoms with E-state index in [1.165, 1.54) is 0 Å². The fraction of sp³-hybridized carbons (Fsp3) is 0.333. The average Bonchev–Trinajstić information content (AvgIpc) is 2.56. The minimum absolute atomic E-state index is 0.250. The van der Waals surface area contributed by atoms with Gasteiger partial charge in [-0.15, -0.1) is 0 Å². The van der Waals surface area contributed by atoms with Crippen molar-refractivity contribution in [1.82, 2.24) is 0 Å². The molecule has 0 aliphatic carbocycles. The molecule has 15 heavy (non-hydrogen) atoms. The quantitative estimate of drug-likeness (QED) is 0.858. The maximum absolute atomic E-state index is 9.29. The summed E-state index contributed by atoms with van der Waals surface area (Å²) >= 11 is 1.85. The van der Waals surface area contributed by atoms with Crippen molar-refractivity contribution in [3.63, 3.8) is 0 Å². The topological polar surface area (TPSA) is 33.4 Å². The predicted octanol–water partition coefficient (Wildman–Crippen LogP) is 3.78. The lowest BCUT2D eigenvalue weighted by Crippen LogP contribution is -1.86. The molecule has 2 aromatic rings. The molecule has 1 aromatic carbocycles. The Hall–Kier alpha value is -1.09. The highest BCUT2D eigenvalue weighted by Crippen LogP contribution is 2.26. The lowest BCUT2D eigenvalue weighted by atomic mass is 10.2. The Morgan fingerprint density at radius 3 is 2.87 bits per heavy atom. The maximum Gasteiger partial charge on any atom is 0.138 e. The van der Waals surface area contributed by atoms with Crippen LogP contribution in [0.4, 0.5) is 0 Å². The molecule has 80 valence electrons. The molecule has 0 spiro atoms. The van der Waals surface area contributed by atoms with Gasteiger partial charge in [-0.1, -0.05) is 13.8 Å². The Labute approximate surface area is 93.3 Å². The lowest BCUT2D eigenvalue weighted by Gasteiger charge is -2.00. The highest BCUT2D eigenvalue weighted by molar-refractivity contribution is 7.99. The number of aromatic hydroxyl groups is 1. The van der Waals surface area contributed by atoms with Crippen LogP contribution in [0, 0.1) is 0 Å². The second-order valence-corrected chi connectivity index (χ2v) is 5.36. The first-order valence-electron chi connectivity index (χ1n) is 4.98. The standard InChI is InChI=1S/C12H14O2S/c1-8(2)15-7-11-5-9-3-4-10(13)6-12(9)14-11/h3-6,8,13H,7H2,1-2H3. The SMILES string of the molecule is CC(C)SCc1cc2ccc(O)cc2o1. The van der Waals surface area contributed by atoms with Gasteiger partial charge in [-0.05, 0) is 23.4 Å². The van der Waals surface area contributed by atoms with Crippen LogP contribution in [0.3, 0.4) is 0 Å². The van der Waals surface area contributed by atoms with Gasteiger partial charge in [0.2, 0.25) is 0 Å². The summed E-state index contributed by atoms with van der Waals surface area (Å²) < 4.78 is 5.62. The van der Waals surface area contributed by atoms with Crippen LogP contribution in [0.2, 0.25) is 0 Å². The molecule has 0 radical (unpaired) electrons. The minimum atomic E-state index is 0.250. The third-order valence-electron chi connectivity index (χ3n) is 2.11. The van der Waals surface area contributed by atoms with Crippen molar-refractivity contribution in [3.8, 4) is 5.75 Å². The Balaban J connectivity index is 2.23. The number of phenolic OH excluding ortho intramolecular Hbond substituents is 1. The molecule has 1 N–H and O–H groups in total. The zero-order valence-corrected chi connectivity index (χ0v) is 9.67. The molecule has 0 unspecified atom stereocenters. The summed E-state index contributed by atoms with van der Waals surface area (Å²) in [6.45, 7) is 4.33. The molecule has 0 fully saturated rings. The molecule has 3 heteroatoms. The highest BCUT2D eigenvalue weighted by atomic mass is 32.2. The Morgan fingerprint density at radius 1 is 1.33 bits per heavy atom. The van der Waals surface area contributed by atoms with Crippen molar-refractivity contribution in [2.24, 2.45) is 0 Å². The lowest BCUT2D eigenvalue weighted by molar-refractivity contribution is 0.474. The van der Waals surface area contributed by atoms with Crippen molar-refractivity contribution in [2.75, 3.05) is 0 Å². The van der Waals surface area contributed by atoms with Crippen molar-refractivity contribution >= 4 is 22.7 Å². The van der Waals surface area contributed by atoms with Gasteiger partial charge in [-0.3, -0.25) is 0 Å². The number of fused-ring (bicyclic) bond motifs is 1. The molecule has 2 nitrogen and oxygen atoms in total. The highest BCUT2D eigenvalue weighted by Gasteiger charge is 2.05. The van der Waals surface area contributed by atoms with E-state index in [-0.39, 0.29) is 5.75 Å². The Bertz CT molecular complexity index is 460. The van der Waals surface area contributed by atoms with Gasteiger partial charge in [-0.25, -0.2) is 0 Å². The van der Waals surface area contributed by atoms with Crippen molar-refractivity contribution in [3.05, 3.63) is 30.0 Å². The van der Waals surface area contributed by atoms with Crippen LogP contribution in [0.5, 0.6) is 5.75 Å². The molecular formula is C12H14O2S. The summed E-state index contributed by atoms with van der Waals surface area (Å²) in [6.07, 6.45) is 0. The number of hydrogen-bond donors (Lipinski definition) is 1. The largest absolute Gasteiger partial charge is 0.508 e. The van der Waals surface area contributed by atoms with E-state index in [9.17, 15) is 5.11 Å². The number of thioether (sulfide) groups is 1. The van der Waals surface area contributed by atoms with E-state index in [0.29, 0.717) is 5.25 Å². The molecule has 0 saturated heterocycles. The van der Waals surface area contributed by atoms with Crippen LogP contribution in [-0.4, -0.2) is 10.4 Å². The van der Waals surface area contributed by atoms with Crippen molar-refractivity contribution in [2.45, 2.75) is 24.9 Å². The van der Waals surface area contributed by atoms with Gasteiger partial charge in [0.1, 0.15) is 17.1 Å². The van der Waals surface area contributed by atoms with E-state index in [4.69, 9.17) is 4.42 Å². The second-order valence-electron chi connectivity index (χ2n) is 3.79. The minimum Gasteiger partial charge on any atom is -0.508 e. The number of hydrogen-bond acceptors (Lipinski definition) is 3. The van der Waals surface area contributed by atoms with Crippen LogP contribution in [0.1, 0.15) is 19.6 Å². The van der Waals surface area contributed by atoms with Crippen LogP contribution in [-0.2, 0) is 5.75 Å². The van der Waals surface area contributed by atoms with Gasteiger partial charge in [-0.2, -0.15) is 11.8 Å². The Morgan fingerprint density at radius 2 is 2.13 bits per heavy atom. The molecule has 0 atom stereocenters. The van der Waals surface area contributed by atoms with Crippen molar-refractivity contribution in [1.29, 1.82) is 0 Å². The molecule has 1 heterocycles. The predicted molar refractivity (Wildman–Crippen MR) is 64.3 cm³/mol. The van der Waals surface area contributed by atoms with Crippen LogP contribution in [0.15, 0.2) is 28.7 Å². The van der Waals surface area contributed by atoms with E-state index < -0.39 is 0 Å². The van der Waals surface area contributed by atoms with E-state index in [1.54, 1.807) is 12.1 Å². The summed E-state index contributed by atoms with van der Waals surface area (Å²) in [5.74, 6) is 2.10. The van der Waals surface area contributed by atoms with Crippen LogP contribution in [0.25, 0.3) is 11.0 Å². The molecular weight excluding hydrogens is 208 g/mol. The van der Waals surface area contributed by atoms with E-state index in [0.717, 1.165) is 22.5 Å². The molecule has 0 bridgehead atoms. The van der Waals surface area contributed by atoms with E-state index >= 15 is 0 Å². The smallest absolute Gasteiger partial charge is 0.138 e. The summed E-state index contributed by atoms with van der Waals surface area (Å²) in [4.78, 5) is 0. The third-order valence-corrected chi connectivity index (χ3v) is 3.23. The number of rotatable bonds is 3. The van der Waals surface area contributed by atoms with E-state index in [2.05, 4.69) is 13.8 Å². The first-order chi connectivity index (χ1) is 7.15. The fourth-order valence-corrected chi connectivity index (χ4v) is 2.03. The van der Waals surface area contributed by atoms with Gasteiger partial charge >= 0.3 is 0 Å². The van der Waals surface area contributed by atoms with E-state index in [1.807, 2.05) is 23.9 Å². The van der Waals surface area contributed by atoms with Crippen LogP contribution >= 0.6 is 11.8 Å². The number of benzene rings is 1. The normalized spacial score (nSPS) is 11.4. The second kappa shape index (κ2) is 4.19. The molecule has 0 amide bonds. The molecule has 1 aromatic heterocycles. The average molecular weight is 222 g/mol. The Kier molecular flexibility index (Phi) is 2.91. The summed E-state index contributed by atoms with van der Waals surface area (Å²) in [7, 11) is 0. The number of phenols is 1. The maximum atomic E-state index is 9.29.